The third-order valence-electron chi connectivity index (χ3n) is 3.86. The van der Waals surface area contributed by atoms with Gasteiger partial charge in [0.25, 0.3) is 5.91 Å². The fraction of sp³-hybridized carbons (Fsp3) is 0.300. The molecule has 2 rings (SSSR count). The number of methoxy groups -OCH3 is 1. The highest BCUT2D eigenvalue weighted by Gasteiger charge is 2.34. The van der Waals surface area contributed by atoms with Crippen LogP contribution in [0.1, 0.15) is 18.9 Å². The molecule has 0 aliphatic carbocycles. The van der Waals surface area contributed by atoms with Crippen LogP contribution in [0.2, 0.25) is 5.02 Å². The zero-order chi connectivity index (χ0) is 22.3. The molecular formula is C20H19ClF3NO5. The van der Waals surface area contributed by atoms with Gasteiger partial charge < -0.3 is 19.5 Å². The Balaban J connectivity index is 1.89. The van der Waals surface area contributed by atoms with Crippen LogP contribution in [0.3, 0.4) is 0 Å². The van der Waals surface area contributed by atoms with Gasteiger partial charge >= 0.3 is 12.1 Å². The lowest BCUT2D eigenvalue weighted by atomic mass is 10.1. The molecule has 0 aromatic heterocycles. The van der Waals surface area contributed by atoms with Crippen molar-refractivity contribution < 1.29 is 37.0 Å². The maximum Gasteiger partial charge on any atom is 0.418 e. The molecular weight excluding hydrogens is 427 g/mol. The summed E-state index contributed by atoms with van der Waals surface area (Å²) >= 11 is 5.60. The quantitative estimate of drug-likeness (QED) is 0.596. The zero-order valence-corrected chi connectivity index (χ0v) is 16.8. The summed E-state index contributed by atoms with van der Waals surface area (Å²) in [6, 6.07) is 9.76. The van der Waals surface area contributed by atoms with Crippen LogP contribution in [0, 0.1) is 0 Å². The fourth-order valence-corrected chi connectivity index (χ4v) is 2.56. The Morgan fingerprint density at radius 1 is 1.13 bits per heavy atom. The molecule has 0 aliphatic rings. The minimum absolute atomic E-state index is 0.0387. The second-order valence-corrected chi connectivity index (χ2v) is 6.49. The fourth-order valence-electron chi connectivity index (χ4n) is 2.39. The van der Waals surface area contributed by atoms with Gasteiger partial charge in [-0.05, 0) is 37.3 Å². The summed E-state index contributed by atoms with van der Waals surface area (Å²) in [7, 11) is 1.47. The Kier molecular flexibility index (Phi) is 7.93. The van der Waals surface area contributed by atoms with Crippen LogP contribution >= 0.6 is 11.6 Å². The number of halogens is 4. The van der Waals surface area contributed by atoms with E-state index in [1.165, 1.54) is 20.1 Å². The van der Waals surface area contributed by atoms with E-state index in [-0.39, 0.29) is 18.1 Å². The number of esters is 1. The Morgan fingerprint density at radius 3 is 2.43 bits per heavy atom. The van der Waals surface area contributed by atoms with Crippen LogP contribution < -0.4 is 14.8 Å². The van der Waals surface area contributed by atoms with Crippen molar-refractivity contribution in [1.29, 1.82) is 0 Å². The van der Waals surface area contributed by atoms with E-state index in [4.69, 9.17) is 25.8 Å². The molecule has 2 aromatic rings. The molecule has 6 nitrogen and oxygen atoms in total. The van der Waals surface area contributed by atoms with E-state index in [2.05, 4.69) is 5.32 Å². The van der Waals surface area contributed by atoms with E-state index in [0.29, 0.717) is 17.6 Å². The van der Waals surface area contributed by atoms with E-state index >= 15 is 0 Å². The molecule has 1 atom stereocenters. The maximum atomic E-state index is 13.1. The first-order valence-corrected chi connectivity index (χ1v) is 9.12. The van der Waals surface area contributed by atoms with Gasteiger partial charge in [-0.25, -0.2) is 0 Å². The molecule has 162 valence electrons. The first-order valence-electron chi connectivity index (χ1n) is 8.74. The predicted octanol–water partition coefficient (Wildman–Crippen LogP) is 4.71. The third-order valence-corrected chi connectivity index (χ3v) is 4.09. The highest BCUT2D eigenvalue weighted by Crippen LogP contribution is 2.36. The summed E-state index contributed by atoms with van der Waals surface area (Å²) in [5.41, 5.74) is -1.59. The smallest absolute Gasteiger partial charge is 0.418 e. The number of para-hydroxylation sites is 2. The lowest BCUT2D eigenvalue weighted by Crippen LogP contribution is -2.31. The molecule has 0 heterocycles. The molecule has 2 aromatic carbocycles. The summed E-state index contributed by atoms with van der Waals surface area (Å²) in [4.78, 5) is 24.1. The van der Waals surface area contributed by atoms with Crippen molar-refractivity contribution in [3.8, 4) is 11.5 Å². The Bertz CT molecular complexity index is 904. The maximum absolute atomic E-state index is 13.1. The number of carbonyl (C=O) groups is 2. The van der Waals surface area contributed by atoms with Gasteiger partial charge in [-0.3, -0.25) is 9.59 Å². The second kappa shape index (κ2) is 10.2. The number of alkyl halides is 3. The van der Waals surface area contributed by atoms with Gasteiger partial charge in [0.1, 0.15) is 0 Å². The largest absolute Gasteiger partial charge is 0.493 e. The number of nitrogens with one attached hydrogen (secondary N) is 1. The molecule has 0 fully saturated rings. The van der Waals surface area contributed by atoms with Crippen molar-refractivity contribution in [2.45, 2.75) is 25.6 Å². The van der Waals surface area contributed by atoms with Gasteiger partial charge in [0.05, 0.1) is 31.4 Å². The standard InChI is InChI=1S/C20H19ClF3NO5/c1-12(19(27)25-15-8-7-13(21)11-14(15)20(22,23)24)30-18(26)9-10-29-17-6-4-3-5-16(17)28-2/h3-8,11-12H,9-10H2,1-2H3,(H,25,27). The molecule has 1 unspecified atom stereocenters. The van der Waals surface area contributed by atoms with Crippen molar-refractivity contribution in [1.82, 2.24) is 0 Å². The van der Waals surface area contributed by atoms with Crippen molar-refractivity contribution >= 4 is 29.2 Å². The van der Waals surface area contributed by atoms with Crippen molar-refractivity contribution in [2.24, 2.45) is 0 Å². The number of amides is 1. The number of rotatable bonds is 8. The van der Waals surface area contributed by atoms with Crippen LogP contribution in [0.5, 0.6) is 11.5 Å². The van der Waals surface area contributed by atoms with Crippen LogP contribution in [0.25, 0.3) is 0 Å². The van der Waals surface area contributed by atoms with Crippen LogP contribution in [-0.2, 0) is 20.5 Å². The number of hydrogen-bond acceptors (Lipinski definition) is 5. The SMILES string of the molecule is COc1ccccc1OCCC(=O)OC(C)C(=O)Nc1ccc(Cl)cc1C(F)(F)F. The van der Waals surface area contributed by atoms with E-state index in [0.717, 1.165) is 6.07 Å². The van der Waals surface area contributed by atoms with Gasteiger partial charge in [0.2, 0.25) is 0 Å². The number of carbonyl (C=O) groups excluding carboxylic acids is 2. The first-order chi connectivity index (χ1) is 14.1. The lowest BCUT2D eigenvalue weighted by Gasteiger charge is -2.17. The monoisotopic (exact) mass is 445 g/mol. The summed E-state index contributed by atoms with van der Waals surface area (Å²) in [6.07, 6.45) is -6.21. The molecule has 30 heavy (non-hydrogen) atoms. The number of benzene rings is 2. The van der Waals surface area contributed by atoms with Crippen LogP contribution in [0.4, 0.5) is 18.9 Å². The van der Waals surface area contributed by atoms with Gasteiger partial charge in [-0.1, -0.05) is 23.7 Å². The molecule has 0 aliphatic heterocycles. The summed E-state index contributed by atoms with van der Waals surface area (Å²) in [6.45, 7) is 1.21. The Labute approximate surface area is 175 Å². The van der Waals surface area contributed by atoms with E-state index in [1.807, 2.05) is 0 Å². The van der Waals surface area contributed by atoms with Gasteiger partial charge in [-0.15, -0.1) is 0 Å². The average Bonchev–Trinajstić information content (AvgIpc) is 2.68. The van der Waals surface area contributed by atoms with Gasteiger partial charge in [0, 0.05) is 5.02 Å². The van der Waals surface area contributed by atoms with Crippen LogP contribution in [-0.4, -0.2) is 31.7 Å². The first kappa shape index (κ1) is 23.3. The van der Waals surface area contributed by atoms with Gasteiger partial charge in [0.15, 0.2) is 17.6 Å². The molecule has 0 radical (unpaired) electrons. The van der Waals surface area contributed by atoms with Gasteiger partial charge in [-0.2, -0.15) is 13.2 Å². The normalized spacial score (nSPS) is 12.1. The minimum atomic E-state index is -4.72. The molecule has 10 heteroatoms. The molecule has 1 amide bonds. The van der Waals surface area contributed by atoms with E-state index < -0.39 is 35.4 Å². The topological polar surface area (TPSA) is 73.9 Å². The zero-order valence-electron chi connectivity index (χ0n) is 16.1. The highest BCUT2D eigenvalue weighted by molar-refractivity contribution is 6.30. The Morgan fingerprint density at radius 2 is 1.80 bits per heavy atom. The molecule has 1 N–H and O–H groups in total. The molecule has 0 saturated carbocycles. The third kappa shape index (κ3) is 6.55. The van der Waals surface area contributed by atoms with Crippen LogP contribution in [0.15, 0.2) is 42.5 Å². The van der Waals surface area contributed by atoms with Crippen molar-refractivity contribution in [3.05, 3.63) is 53.1 Å². The number of hydrogen-bond donors (Lipinski definition) is 1. The number of ether oxygens (including phenoxy) is 3. The Hall–Kier alpha value is -2.94. The molecule has 0 spiro atoms. The van der Waals surface area contributed by atoms with E-state index in [9.17, 15) is 22.8 Å². The average molecular weight is 446 g/mol. The second-order valence-electron chi connectivity index (χ2n) is 6.06. The summed E-state index contributed by atoms with van der Waals surface area (Å²) in [5, 5.41) is 1.97. The van der Waals surface area contributed by atoms with Crippen molar-refractivity contribution in [3.63, 3.8) is 0 Å². The van der Waals surface area contributed by atoms with E-state index in [1.54, 1.807) is 24.3 Å². The highest BCUT2D eigenvalue weighted by atomic mass is 35.5. The van der Waals surface area contributed by atoms with Crippen molar-refractivity contribution in [2.75, 3.05) is 19.0 Å². The predicted molar refractivity (Wildman–Crippen MR) is 104 cm³/mol. The molecule has 0 bridgehead atoms. The summed E-state index contributed by atoms with van der Waals surface area (Å²) in [5.74, 6) is -0.746. The minimum Gasteiger partial charge on any atom is -0.493 e. The lowest BCUT2D eigenvalue weighted by molar-refractivity contribution is -0.153. The number of anilines is 1. The molecule has 0 saturated heterocycles. The summed E-state index contributed by atoms with van der Waals surface area (Å²) < 4.78 is 54.8.